The molecule has 0 aromatic carbocycles. The van der Waals surface area contributed by atoms with Crippen molar-refractivity contribution in [2.75, 3.05) is 20.2 Å². The fourth-order valence-corrected chi connectivity index (χ4v) is 1.76. The van der Waals surface area contributed by atoms with Crippen LogP contribution in [0.3, 0.4) is 0 Å². The van der Waals surface area contributed by atoms with E-state index in [0.717, 1.165) is 19.6 Å². The number of hydrogen-bond donors (Lipinski definition) is 0. The van der Waals surface area contributed by atoms with E-state index < -0.39 is 0 Å². The molecule has 1 aromatic heterocycles. The molecular formula is C11H16N2O. The van der Waals surface area contributed by atoms with Crippen LogP contribution in [-0.4, -0.2) is 36.2 Å². The second kappa shape index (κ2) is 4.07. The Kier molecular flexibility index (Phi) is 2.79. The van der Waals surface area contributed by atoms with Gasteiger partial charge >= 0.3 is 0 Å². The normalized spacial score (nSPS) is 18.1. The summed E-state index contributed by atoms with van der Waals surface area (Å²) in [6.45, 7) is 5.16. The summed E-state index contributed by atoms with van der Waals surface area (Å²) in [7, 11) is 1.77. The van der Waals surface area contributed by atoms with Crippen molar-refractivity contribution in [3.63, 3.8) is 0 Å². The highest BCUT2D eigenvalue weighted by Gasteiger charge is 2.25. The Bertz CT molecular complexity index is 308. The summed E-state index contributed by atoms with van der Waals surface area (Å²) in [6.07, 6.45) is 4.26. The quantitative estimate of drug-likeness (QED) is 0.720. The van der Waals surface area contributed by atoms with Crippen molar-refractivity contribution in [3.8, 4) is 0 Å². The minimum atomic E-state index is 0.438. The lowest BCUT2D eigenvalue weighted by atomic mass is 10.1. The van der Waals surface area contributed by atoms with Crippen molar-refractivity contribution >= 4 is 0 Å². The lowest BCUT2D eigenvalue weighted by molar-refractivity contribution is -0.0334. The van der Waals surface area contributed by atoms with Crippen LogP contribution in [0.2, 0.25) is 0 Å². The van der Waals surface area contributed by atoms with Gasteiger partial charge in [-0.2, -0.15) is 0 Å². The topological polar surface area (TPSA) is 25.4 Å². The Morgan fingerprint density at radius 1 is 1.50 bits per heavy atom. The first kappa shape index (κ1) is 9.62. The van der Waals surface area contributed by atoms with E-state index in [9.17, 15) is 0 Å². The van der Waals surface area contributed by atoms with Gasteiger partial charge in [0, 0.05) is 39.1 Å². The van der Waals surface area contributed by atoms with Crippen LogP contribution in [0, 0.1) is 6.92 Å². The van der Waals surface area contributed by atoms with E-state index in [4.69, 9.17) is 4.74 Å². The molecule has 0 saturated carbocycles. The van der Waals surface area contributed by atoms with E-state index in [-0.39, 0.29) is 0 Å². The third kappa shape index (κ3) is 2.11. The van der Waals surface area contributed by atoms with Gasteiger partial charge in [-0.1, -0.05) is 6.07 Å². The van der Waals surface area contributed by atoms with Crippen molar-refractivity contribution in [1.29, 1.82) is 0 Å². The molecule has 1 aromatic rings. The predicted octanol–water partition coefficient (Wildman–Crippen LogP) is 1.22. The second-order valence-electron chi connectivity index (χ2n) is 3.92. The molecule has 14 heavy (non-hydrogen) atoms. The summed E-state index contributed by atoms with van der Waals surface area (Å²) in [5.41, 5.74) is 2.52. The van der Waals surface area contributed by atoms with Gasteiger partial charge < -0.3 is 4.74 Å². The van der Waals surface area contributed by atoms with Crippen LogP contribution in [0.25, 0.3) is 0 Å². The first-order valence-electron chi connectivity index (χ1n) is 4.93. The molecule has 0 unspecified atom stereocenters. The molecule has 3 heteroatoms. The van der Waals surface area contributed by atoms with Crippen molar-refractivity contribution in [1.82, 2.24) is 9.88 Å². The Morgan fingerprint density at radius 2 is 2.29 bits per heavy atom. The van der Waals surface area contributed by atoms with Gasteiger partial charge in [-0.15, -0.1) is 0 Å². The standard InChI is InChI=1S/C11H16N2O/c1-9-3-10(5-12-4-9)6-13-7-11(8-13)14-2/h3-5,11H,6-8H2,1-2H3. The maximum atomic E-state index is 5.22. The molecule has 2 heterocycles. The molecule has 0 bridgehead atoms. The van der Waals surface area contributed by atoms with Gasteiger partial charge in [0.2, 0.25) is 0 Å². The zero-order valence-corrected chi connectivity index (χ0v) is 8.73. The molecule has 0 atom stereocenters. The molecular weight excluding hydrogens is 176 g/mol. The number of ether oxygens (including phenoxy) is 1. The highest BCUT2D eigenvalue weighted by atomic mass is 16.5. The molecule has 1 aliphatic heterocycles. The maximum absolute atomic E-state index is 5.22. The number of pyridine rings is 1. The maximum Gasteiger partial charge on any atom is 0.0825 e. The van der Waals surface area contributed by atoms with Crippen LogP contribution in [0.5, 0.6) is 0 Å². The number of likely N-dealkylation sites (tertiary alicyclic amines) is 1. The van der Waals surface area contributed by atoms with Crippen LogP contribution >= 0.6 is 0 Å². The Labute approximate surface area is 84.7 Å². The third-order valence-electron chi connectivity index (χ3n) is 2.59. The number of nitrogens with zero attached hydrogens (tertiary/aromatic N) is 2. The SMILES string of the molecule is COC1CN(Cc2cncc(C)c2)C1. The summed E-state index contributed by atoms with van der Waals surface area (Å²) in [4.78, 5) is 6.54. The predicted molar refractivity (Wildman–Crippen MR) is 55.0 cm³/mol. The largest absolute Gasteiger partial charge is 0.379 e. The fourth-order valence-electron chi connectivity index (χ4n) is 1.76. The van der Waals surface area contributed by atoms with Crippen LogP contribution in [0.4, 0.5) is 0 Å². The number of aryl methyl sites for hydroxylation is 1. The summed E-state index contributed by atoms with van der Waals surface area (Å²) in [5.74, 6) is 0. The summed E-state index contributed by atoms with van der Waals surface area (Å²) < 4.78 is 5.22. The molecule has 3 nitrogen and oxygen atoms in total. The van der Waals surface area contributed by atoms with Gasteiger partial charge in [0.05, 0.1) is 6.10 Å². The van der Waals surface area contributed by atoms with E-state index in [0.29, 0.717) is 6.10 Å². The van der Waals surface area contributed by atoms with E-state index in [1.165, 1.54) is 11.1 Å². The summed E-state index contributed by atoms with van der Waals surface area (Å²) in [5, 5.41) is 0. The zero-order chi connectivity index (χ0) is 9.97. The minimum absolute atomic E-state index is 0.438. The van der Waals surface area contributed by atoms with Gasteiger partial charge in [-0.3, -0.25) is 9.88 Å². The smallest absolute Gasteiger partial charge is 0.0825 e. The van der Waals surface area contributed by atoms with E-state index in [1.807, 2.05) is 12.4 Å². The highest BCUT2D eigenvalue weighted by molar-refractivity contribution is 5.16. The lowest BCUT2D eigenvalue weighted by Crippen LogP contribution is -2.50. The number of aromatic nitrogens is 1. The molecule has 76 valence electrons. The molecule has 0 aliphatic carbocycles. The van der Waals surface area contributed by atoms with Gasteiger partial charge in [0.25, 0.3) is 0 Å². The first-order valence-corrected chi connectivity index (χ1v) is 4.93. The Balaban J connectivity index is 1.87. The number of methoxy groups -OCH3 is 1. The molecule has 1 aliphatic rings. The van der Waals surface area contributed by atoms with Gasteiger partial charge in [-0.05, 0) is 18.1 Å². The molecule has 0 radical (unpaired) electrons. The summed E-state index contributed by atoms with van der Waals surface area (Å²) >= 11 is 0. The third-order valence-corrected chi connectivity index (χ3v) is 2.59. The average molecular weight is 192 g/mol. The second-order valence-corrected chi connectivity index (χ2v) is 3.92. The van der Waals surface area contributed by atoms with Crippen molar-refractivity contribution in [2.24, 2.45) is 0 Å². The zero-order valence-electron chi connectivity index (χ0n) is 8.73. The molecule has 2 rings (SSSR count). The van der Waals surface area contributed by atoms with Gasteiger partial charge in [0.1, 0.15) is 0 Å². The van der Waals surface area contributed by atoms with Crippen LogP contribution in [0.15, 0.2) is 18.5 Å². The summed E-state index contributed by atoms with van der Waals surface area (Å²) in [6, 6.07) is 2.19. The molecule has 1 saturated heterocycles. The minimum Gasteiger partial charge on any atom is -0.379 e. The Hall–Kier alpha value is -0.930. The molecule has 0 amide bonds. The Morgan fingerprint density at radius 3 is 2.93 bits per heavy atom. The van der Waals surface area contributed by atoms with E-state index >= 15 is 0 Å². The lowest BCUT2D eigenvalue weighted by Gasteiger charge is -2.38. The van der Waals surface area contributed by atoms with Crippen molar-refractivity contribution < 1.29 is 4.74 Å². The van der Waals surface area contributed by atoms with Crippen molar-refractivity contribution in [3.05, 3.63) is 29.6 Å². The van der Waals surface area contributed by atoms with Crippen LogP contribution in [-0.2, 0) is 11.3 Å². The van der Waals surface area contributed by atoms with E-state index in [2.05, 4.69) is 22.9 Å². The average Bonchev–Trinajstić information content (AvgIpc) is 2.10. The van der Waals surface area contributed by atoms with E-state index in [1.54, 1.807) is 7.11 Å². The number of rotatable bonds is 3. The van der Waals surface area contributed by atoms with Crippen molar-refractivity contribution in [2.45, 2.75) is 19.6 Å². The highest BCUT2D eigenvalue weighted by Crippen LogP contribution is 2.14. The van der Waals surface area contributed by atoms with Gasteiger partial charge in [0.15, 0.2) is 0 Å². The molecule has 0 spiro atoms. The number of hydrogen-bond acceptors (Lipinski definition) is 3. The first-order chi connectivity index (χ1) is 6.78. The van der Waals surface area contributed by atoms with Crippen LogP contribution < -0.4 is 0 Å². The molecule has 0 N–H and O–H groups in total. The monoisotopic (exact) mass is 192 g/mol. The van der Waals surface area contributed by atoms with Gasteiger partial charge in [-0.25, -0.2) is 0 Å². The molecule has 1 fully saturated rings. The fraction of sp³-hybridized carbons (Fsp3) is 0.545. The van der Waals surface area contributed by atoms with Crippen LogP contribution in [0.1, 0.15) is 11.1 Å².